The van der Waals surface area contributed by atoms with Crippen molar-refractivity contribution in [3.8, 4) is 5.69 Å². The molecular weight excluding hydrogens is 506 g/mol. The zero-order valence-corrected chi connectivity index (χ0v) is 23.1. The normalized spacial score (nSPS) is 25.5. The van der Waals surface area contributed by atoms with Gasteiger partial charge in [0.05, 0.1) is 18.9 Å². The number of nitrogens with zero attached hydrogens (tertiary/aromatic N) is 2. The van der Waals surface area contributed by atoms with E-state index in [9.17, 15) is 14.7 Å². The van der Waals surface area contributed by atoms with Gasteiger partial charge in [-0.2, -0.15) is 0 Å². The number of ether oxygens (including phenoxy) is 2. The van der Waals surface area contributed by atoms with E-state index in [1.807, 2.05) is 73.3 Å². The summed E-state index contributed by atoms with van der Waals surface area (Å²) in [7, 11) is 1.88. The van der Waals surface area contributed by atoms with Crippen molar-refractivity contribution >= 4 is 5.91 Å². The number of nitrogens with one attached hydrogen (secondary N) is 1. The first-order valence-corrected chi connectivity index (χ1v) is 14.2. The molecule has 2 aromatic carbocycles. The molecule has 8 nitrogen and oxygen atoms in total. The third kappa shape index (κ3) is 5.13. The molecule has 3 aromatic rings. The van der Waals surface area contributed by atoms with E-state index in [1.54, 1.807) is 10.8 Å². The fourth-order valence-corrected chi connectivity index (χ4v) is 6.73. The molecule has 2 fully saturated rings. The van der Waals surface area contributed by atoms with Crippen molar-refractivity contribution in [3.63, 3.8) is 0 Å². The number of carbonyl (C=O) groups is 1. The molecule has 5 unspecified atom stereocenters. The topological polar surface area (TPSA) is 94.7 Å². The maximum absolute atomic E-state index is 13.8. The average Bonchev–Trinajstić information content (AvgIpc) is 3.66. The van der Waals surface area contributed by atoms with Gasteiger partial charge in [0.25, 0.3) is 11.5 Å². The number of fused-ring (bicyclic) bond motifs is 2. The van der Waals surface area contributed by atoms with Crippen molar-refractivity contribution in [2.24, 2.45) is 18.9 Å². The van der Waals surface area contributed by atoms with Gasteiger partial charge in [0, 0.05) is 36.7 Å². The summed E-state index contributed by atoms with van der Waals surface area (Å²) >= 11 is 0. The van der Waals surface area contributed by atoms with Gasteiger partial charge in [0.2, 0.25) is 6.29 Å². The Bertz CT molecular complexity index is 1460. The molecule has 8 heteroatoms. The number of aliphatic hydroxyl groups is 1. The molecular formula is C32H37N3O5. The molecule has 2 saturated carbocycles. The minimum absolute atomic E-state index is 0.0165. The molecule has 6 rings (SSSR count). The molecule has 1 amide bonds. The van der Waals surface area contributed by atoms with Crippen LogP contribution >= 0.6 is 0 Å². The summed E-state index contributed by atoms with van der Waals surface area (Å²) in [5.41, 5.74) is 3.91. The fraction of sp³-hybridized carbons (Fsp3) is 0.438. The van der Waals surface area contributed by atoms with Crippen molar-refractivity contribution in [3.05, 3.63) is 99.2 Å². The van der Waals surface area contributed by atoms with Crippen LogP contribution in [0.25, 0.3) is 5.69 Å². The third-order valence-electron chi connectivity index (χ3n) is 8.95. The van der Waals surface area contributed by atoms with Crippen LogP contribution in [0.3, 0.4) is 0 Å². The minimum Gasteiger partial charge on any atom is -0.459 e. The Labute approximate surface area is 234 Å². The number of allylic oxidation sites excluding steroid dienone is 1. The summed E-state index contributed by atoms with van der Waals surface area (Å²) in [6, 6.07) is 17.3. The Balaban J connectivity index is 1.28. The summed E-state index contributed by atoms with van der Waals surface area (Å²) in [6.45, 7) is 2.21. The highest BCUT2D eigenvalue weighted by Gasteiger charge is 2.41. The number of rotatable bonds is 8. The first-order valence-electron chi connectivity index (χ1n) is 14.2. The average molecular weight is 544 g/mol. The molecule has 1 aliphatic heterocycles. The first kappa shape index (κ1) is 26.6. The van der Waals surface area contributed by atoms with E-state index in [0.29, 0.717) is 23.8 Å². The van der Waals surface area contributed by atoms with Crippen LogP contribution in [0.2, 0.25) is 0 Å². The monoisotopic (exact) mass is 543 g/mol. The van der Waals surface area contributed by atoms with E-state index < -0.39 is 6.29 Å². The van der Waals surface area contributed by atoms with Gasteiger partial charge in [-0.25, -0.2) is 4.68 Å². The van der Waals surface area contributed by atoms with Gasteiger partial charge >= 0.3 is 0 Å². The molecule has 5 atom stereocenters. The Morgan fingerprint density at radius 1 is 1.05 bits per heavy atom. The lowest BCUT2D eigenvalue weighted by Crippen LogP contribution is -2.41. The molecule has 2 N–H and O–H groups in total. The number of benzene rings is 2. The number of hydrogen-bond acceptors (Lipinski definition) is 5. The van der Waals surface area contributed by atoms with Gasteiger partial charge < -0.3 is 19.9 Å². The Morgan fingerprint density at radius 3 is 2.48 bits per heavy atom. The Kier molecular flexibility index (Phi) is 7.38. The van der Waals surface area contributed by atoms with E-state index in [2.05, 4.69) is 5.32 Å². The van der Waals surface area contributed by atoms with Gasteiger partial charge in [-0.3, -0.25) is 14.3 Å². The highest BCUT2D eigenvalue weighted by atomic mass is 16.7. The summed E-state index contributed by atoms with van der Waals surface area (Å²) in [5.74, 6) is 0.881. The summed E-state index contributed by atoms with van der Waals surface area (Å²) in [5, 5.41) is 12.6. The summed E-state index contributed by atoms with van der Waals surface area (Å²) in [4.78, 5) is 27.3. The second-order valence-corrected chi connectivity index (χ2v) is 11.4. The molecule has 3 aliphatic rings. The number of aliphatic hydroxyl groups excluding tert-OH is 1. The van der Waals surface area contributed by atoms with Crippen LogP contribution in [0.1, 0.15) is 60.4 Å². The quantitative estimate of drug-likeness (QED) is 0.444. The van der Waals surface area contributed by atoms with E-state index in [0.717, 1.165) is 28.9 Å². The molecule has 0 spiro atoms. The van der Waals surface area contributed by atoms with Crippen molar-refractivity contribution in [1.82, 2.24) is 14.7 Å². The van der Waals surface area contributed by atoms with Crippen molar-refractivity contribution < 1.29 is 19.4 Å². The standard InChI is InChI=1S/C32H37N3O5/c1-20-30(32(38)35(34(20)2)26-6-4-3-5-7-26)25-16-28(31(37)33-27-15-23-12-13-24(27)14-23)40-29(17-25)39-19-22-10-8-21(18-36)9-11-22/h3-11,16,23-25,27,29,36H,12-15,17-19H2,1-2H3,(H,33,37). The third-order valence-corrected chi connectivity index (χ3v) is 8.95. The zero-order chi connectivity index (χ0) is 27.8. The summed E-state index contributed by atoms with van der Waals surface area (Å²) < 4.78 is 15.8. The second kappa shape index (κ2) is 11.1. The molecule has 2 aliphatic carbocycles. The van der Waals surface area contributed by atoms with E-state index in [-0.39, 0.29) is 42.4 Å². The highest BCUT2D eigenvalue weighted by Crippen LogP contribution is 2.44. The van der Waals surface area contributed by atoms with Crippen LogP contribution in [0.4, 0.5) is 0 Å². The molecule has 0 saturated heterocycles. The Hall–Kier alpha value is -3.62. The van der Waals surface area contributed by atoms with E-state index in [1.165, 1.54) is 19.3 Å². The van der Waals surface area contributed by atoms with Crippen LogP contribution in [0.15, 0.2) is 71.2 Å². The summed E-state index contributed by atoms with van der Waals surface area (Å²) in [6.07, 6.45) is 6.16. The maximum atomic E-state index is 13.8. The van der Waals surface area contributed by atoms with E-state index in [4.69, 9.17) is 9.47 Å². The van der Waals surface area contributed by atoms with Crippen molar-refractivity contribution in [1.29, 1.82) is 0 Å². The van der Waals surface area contributed by atoms with Gasteiger partial charge in [-0.1, -0.05) is 48.9 Å². The van der Waals surface area contributed by atoms with Gasteiger partial charge in [0.1, 0.15) is 0 Å². The smallest absolute Gasteiger partial charge is 0.286 e. The lowest BCUT2D eigenvalue weighted by molar-refractivity contribution is -0.150. The predicted molar refractivity (Wildman–Crippen MR) is 151 cm³/mol. The van der Waals surface area contributed by atoms with Crippen LogP contribution in [0, 0.1) is 18.8 Å². The predicted octanol–water partition coefficient (Wildman–Crippen LogP) is 4.21. The maximum Gasteiger partial charge on any atom is 0.286 e. The molecule has 0 radical (unpaired) electrons. The fourth-order valence-electron chi connectivity index (χ4n) is 6.73. The Morgan fingerprint density at radius 2 is 1.80 bits per heavy atom. The van der Waals surface area contributed by atoms with Crippen LogP contribution < -0.4 is 10.9 Å². The molecule has 1 aromatic heterocycles. The molecule has 210 valence electrons. The van der Waals surface area contributed by atoms with Crippen molar-refractivity contribution in [2.45, 2.75) is 70.5 Å². The van der Waals surface area contributed by atoms with Crippen LogP contribution in [0.5, 0.6) is 0 Å². The molecule has 40 heavy (non-hydrogen) atoms. The number of amides is 1. The van der Waals surface area contributed by atoms with E-state index >= 15 is 0 Å². The van der Waals surface area contributed by atoms with Gasteiger partial charge in [0.15, 0.2) is 5.76 Å². The minimum atomic E-state index is -0.697. The molecule has 2 bridgehead atoms. The first-order chi connectivity index (χ1) is 19.4. The highest BCUT2D eigenvalue weighted by molar-refractivity contribution is 5.92. The number of aromatic nitrogens is 2. The lowest BCUT2D eigenvalue weighted by atomic mass is 9.92. The second-order valence-electron chi connectivity index (χ2n) is 11.4. The van der Waals surface area contributed by atoms with Gasteiger partial charge in [-0.05, 0) is 67.4 Å². The SMILES string of the molecule is Cc1c(C2C=C(C(=O)NC3CC4CCC3C4)OC(OCc3ccc(CO)cc3)C2)c(=O)n(-c2ccccc2)n1C. The largest absolute Gasteiger partial charge is 0.459 e. The van der Waals surface area contributed by atoms with Crippen molar-refractivity contribution in [2.75, 3.05) is 0 Å². The molecule has 2 heterocycles. The lowest BCUT2D eigenvalue weighted by Gasteiger charge is -2.30. The van der Waals surface area contributed by atoms with Crippen LogP contribution in [-0.2, 0) is 34.5 Å². The number of hydrogen-bond donors (Lipinski definition) is 2. The number of para-hydroxylation sites is 1. The van der Waals surface area contributed by atoms with Crippen LogP contribution in [-0.4, -0.2) is 32.7 Å². The zero-order valence-electron chi connectivity index (χ0n) is 23.1. The van der Waals surface area contributed by atoms with Gasteiger partial charge in [-0.15, -0.1) is 0 Å². The number of carbonyl (C=O) groups excluding carboxylic acids is 1.